The molecular weight excluding hydrogens is 207 g/mol. The second-order valence-corrected chi connectivity index (χ2v) is 1.08. The molecular formula is C4H11N5Y-2. The largest absolute Gasteiger partial charge is 0.454 e. The van der Waals surface area contributed by atoms with Gasteiger partial charge < -0.3 is 29.6 Å². The van der Waals surface area contributed by atoms with Crippen LogP contribution in [-0.4, -0.2) is 19.0 Å². The van der Waals surface area contributed by atoms with Crippen molar-refractivity contribution in [2.75, 3.05) is 7.05 Å². The van der Waals surface area contributed by atoms with Crippen LogP contribution in [0.25, 0.3) is 5.73 Å². The van der Waals surface area contributed by atoms with Crippen LogP contribution in [0.2, 0.25) is 0 Å². The second kappa shape index (κ2) is 8.84. The minimum absolute atomic E-state index is 0. The smallest absolute Gasteiger partial charge is 0.142 e. The molecule has 0 bridgehead atoms. The van der Waals surface area contributed by atoms with Crippen LogP contribution in [-0.2, 0) is 32.7 Å². The van der Waals surface area contributed by atoms with Crippen LogP contribution < -0.4 is 11.5 Å². The van der Waals surface area contributed by atoms with Crippen LogP contribution >= 0.6 is 0 Å². The van der Waals surface area contributed by atoms with Crippen molar-refractivity contribution in [3.8, 4) is 0 Å². The van der Waals surface area contributed by atoms with Gasteiger partial charge in [-0.2, -0.15) is 0 Å². The number of hydrogen-bond acceptors (Lipinski definition) is 1. The molecule has 0 heterocycles. The molecule has 0 aliphatic carbocycles. The standard InChI is InChI=1S/C3H8N5.CH3.Y/c1-7-3(6)8-2(4)5;;/h1H3,(H5-,4,5,6,7,8);1H3;/q2*-1;. The summed E-state index contributed by atoms with van der Waals surface area (Å²) in [6, 6.07) is 0. The molecule has 0 aromatic heterocycles. The number of hydrogen-bond donors (Lipinski definition) is 2. The Balaban J connectivity index is -0.000000245. The number of guanidine groups is 2. The SMILES string of the molecule is CN=C(N)N=C([NH-])N.[CH3-].[Y]. The fraction of sp³-hybridized carbons (Fsp3) is 0.250. The summed E-state index contributed by atoms with van der Waals surface area (Å²) < 4.78 is 0. The third kappa shape index (κ3) is 10.8. The molecule has 0 aromatic rings. The number of rotatable bonds is 0. The molecule has 0 fully saturated rings. The predicted octanol–water partition coefficient (Wildman–Crippen LogP) is -0.254. The van der Waals surface area contributed by atoms with E-state index in [1.54, 1.807) is 0 Å². The number of nitrogens with zero attached hydrogens (tertiary/aromatic N) is 2. The molecule has 10 heavy (non-hydrogen) atoms. The molecule has 1 radical (unpaired) electrons. The first-order valence-electron chi connectivity index (χ1n) is 1.95. The summed E-state index contributed by atoms with van der Waals surface area (Å²) in [6.07, 6.45) is 0. The molecule has 0 amide bonds. The molecule has 57 valence electrons. The van der Waals surface area contributed by atoms with Crippen LogP contribution in [0.3, 0.4) is 0 Å². The summed E-state index contributed by atoms with van der Waals surface area (Å²) in [6.45, 7) is 0. The van der Waals surface area contributed by atoms with E-state index in [-0.39, 0.29) is 52.1 Å². The summed E-state index contributed by atoms with van der Waals surface area (Å²) in [7, 11) is 1.47. The molecule has 0 atom stereocenters. The maximum atomic E-state index is 6.58. The first-order valence-corrected chi connectivity index (χ1v) is 1.95. The molecule has 0 saturated carbocycles. The van der Waals surface area contributed by atoms with Gasteiger partial charge >= 0.3 is 0 Å². The Morgan fingerprint density at radius 2 is 1.80 bits per heavy atom. The van der Waals surface area contributed by atoms with E-state index in [4.69, 9.17) is 17.2 Å². The van der Waals surface area contributed by atoms with E-state index in [2.05, 4.69) is 9.98 Å². The molecule has 0 spiro atoms. The number of nitrogens with one attached hydrogen (secondary N) is 1. The first kappa shape index (κ1) is 16.4. The van der Waals surface area contributed by atoms with Gasteiger partial charge in [-0.05, 0) is 0 Å². The van der Waals surface area contributed by atoms with Crippen molar-refractivity contribution < 1.29 is 32.7 Å². The van der Waals surface area contributed by atoms with E-state index in [1.165, 1.54) is 7.05 Å². The number of aliphatic imine (C=N–C) groups is 2. The Kier molecular flexibility index (Phi) is 14.5. The van der Waals surface area contributed by atoms with Gasteiger partial charge in [0, 0.05) is 45.7 Å². The van der Waals surface area contributed by atoms with E-state index in [0.29, 0.717) is 0 Å². The van der Waals surface area contributed by atoms with Crippen molar-refractivity contribution in [3.05, 3.63) is 13.2 Å². The van der Waals surface area contributed by atoms with Crippen molar-refractivity contribution in [1.82, 2.24) is 0 Å². The first-order chi connectivity index (χ1) is 3.66. The van der Waals surface area contributed by atoms with Gasteiger partial charge in [-0.1, -0.05) is 0 Å². The fourth-order valence-corrected chi connectivity index (χ4v) is 0.173. The summed E-state index contributed by atoms with van der Waals surface area (Å²) in [4.78, 5) is 6.72. The Labute approximate surface area is 86.0 Å². The van der Waals surface area contributed by atoms with Crippen LogP contribution in [0.1, 0.15) is 0 Å². The second-order valence-electron chi connectivity index (χ2n) is 1.08. The van der Waals surface area contributed by atoms with Gasteiger partial charge in [0.1, 0.15) is 5.96 Å². The normalized spacial score (nSPS) is 11.3. The molecule has 6 heteroatoms. The maximum absolute atomic E-state index is 6.58. The van der Waals surface area contributed by atoms with E-state index >= 15 is 0 Å². The molecule has 0 aliphatic rings. The quantitative estimate of drug-likeness (QED) is 0.332. The van der Waals surface area contributed by atoms with Gasteiger partial charge in [0.05, 0.1) is 0 Å². The average molecular weight is 218 g/mol. The van der Waals surface area contributed by atoms with Crippen molar-refractivity contribution in [3.63, 3.8) is 0 Å². The van der Waals surface area contributed by atoms with Crippen LogP contribution in [0.5, 0.6) is 0 Å². The molecule has 0 aromatic carbocycles. The number of nitrogens with two attached hydrogens (primary N) is 2. The van der Waals surface area contributed by atoms with Gasteiger partial charge in [0.25, 0.3) is 0 Å². The summed E-state index contributed by atoms with van der Waals surface area (Å²) in [5.41, 5.74) is 16.4. The van der Waals surface area contributed by atoms with E-state index in [9.17, 15) is 0 Å². The van der Waals surface area contributed by atoms with Crippen molar-refractivity contribution in [2.45, 2.75) is 0 Å². The Morgan fingerprint density at radius 1 is 1.40 bits per heavy atom. The van der Waals surface area contributed by atoms with E-state index < -0.39 is 0 Å². The Hall–Kier alpha value is -0.156. The summed E-state index contributed by atoms with van der Waals surface area (Å²) in [5, 5.41) is 0. The summed E-state index contributed by atoms with van der Waals surface area (Å²) >= 11 is 0. The van der Waals surface area contributed by atoms with Gasteiger partial charge in [-0.15, -0.1) is 0 Å². The predicted molar refractivity (Wildman–Crippen MR) is 39.9 cm³/mol. The van der Waals surface area contributed by atoms with Crippen molar-refractivity contribution in [2.24, 2.45) is 21.5 Å². The zero-order chi connectivity index (χ0) is 6.57. The minimum atomic E-state index is -0.326. The molecule has 5 N–H and O–H groups in total. The molecule has 5 nitrogen and oxygen atoms in total. The molecule has 0 unspecified atom stereocenters. The van der Waals surface area contributed by atoms with Gasteiger partial charge in [-0.25, -0.2) is 0 Å². The third-order valence-corrected chi connectivity index (χ3v) is 0.464. The zero-order valence-corrected chi connectivity index (χ0v) is 8.96. The van der Waals surface area contributed by atoms with E-state index in [1.807, 2.05) is 0 Å². The van der Waals surface area contributed by atoms with Crippen molar-refractivity contribution >= 4 is 11.9 Å². The third-order valence-electron chi connectivity index (χ3n) is 0.464. The Bertz CT molecular complexity index is 126. The molecule has 0 aliphatic heterocycles. The minimum Gasteiger partial charge on any atom is -0.454 e. The van der Waals surface area contributed by atoms with Gasteiger partial charge in [-0.3, -0.25) is 4.99 Å². The summed E-state index contributed by atoms with van der Waals surface area (Å²) in [5.74, 6) is -0.300. The van der Waals surface area contributed by atoms with Gasteiger partial charge in [0.2, 0.25) is 0 Å². The van der Waals surface area contributed by atoms with Gasteiger partial charge in [0.15, 0.2) is 0 Å². The maximum Gasteiger partial charge on any atom is 0.142 e. The van der Waals surface area contributed by atoms with Crippen LogP contribution in [0.4, 0.5) is 0 Å². The Morgan fingerprint density at radius 3 is 1.90 bits per heavy atom. The molecule has 0 saturated heterocycles. The van der Waals surface area contributed by atoms with Crippen LogP contribution in [0, 0.1) is 7.43 Å². The molecule has 0 rings (SSSR count). The average Bonchev–Trinajstić information content (AvgIpc) is 1.65. The monoisotopic (exact) mass is 218 g/mol. The van der Waals surface area contributed by atoms with E-state index in [0.717, 1.165) is 0 Å². The van der Waals surface area contributed by atoms with Crippen LogP contribution in [0.15, 0.2) is 9.98 Å². The fourth-order valence-electron chi connectivity index (χ4n) is 0.173. The zero-order valence-electron chi connectivity index (χ0n) is 6.13. The topological polar surface area (TPSA) is 101 Å². The van der Waals surface area contributed by atoms with Crippen molar-refractivity contribution in [1.29, 1.82) is 0 Å².